The first-order chi connectivity index (χ1) is 9.46. The van der Waals surface area contributed by atoms with Gasteiger partial charge in [-0.05, 0) is 27.2 Å². The number of carbonyl (C=O) groups is 1. The molecule has 0 saturated carbocycles. The summed E-state index contributed by atoms with van der Waals surface area (Å²) in [4.78, 5) is 16.7. The second-order valence-electron chi connectivity index (χ2n) is 6.86. The summed E-state index contributed by atoms with van der Waals surface area (Å²) in [6.45, 7) is 12.6. The molecule has 0 spiro atoms. The Balaban J connectivity index is 1.70. The lowest BCUT2D eigenvalue weighted by molar-refractivity contribution is -0.130. The number of morpholine rings is 1. The fourth-order valence-electron chi connectivity index (χ4n) is 2.91. The fourth-order valence-corrected chi connectivity index (χ4v) is 2.91. The first-order valence-corrected chi connectivity index (χ1v) is 7.80. The Morgan fingerprint density at radius 3 is 2.60 bits per heavy atom. The van der Waals surface area contributed by atoms with Crippen molar-refractivity contribution in [3.05, 3.63) is 0 Å². The fraction of sp³-hybridized carbons (Fsp3) is 0.933. The van der Waals surface area contributed by atoms with Gasteiger partial charge in [0.05, 0.1) is 13.2 Å². The van der Waals surface area contributed by atoms with E-state index < -0.39 is 0 Å². The molecule has 2 saturated heterocycles. The van der Waals surface area contributed by atoms with Crippen LogP contribution in [0.4, 0.5) is 0 Å². The largest absolute Gasteiger partial charge is 0.379 e. The Hall–Kier alpha value is -0.650. The van der Waals surface area contributed by atoms with Crippen LogP contribution in [0.5, 0.6) is 0 Å². The van der Waals surface area contributed by atoms with Gasteiger partial charge in [-0.2, -0.15) is 0 Å². The summed E-state index contributed by atoms with van der Waals surface area (Å²) in [5.41, 5.74) is 0.0849. The van der Waals surface area contributed by atoms with Crippen molar-refractivity contribution < 1.29 is 9.53 Å². The minimum atomic E-state index is 0.0849. The summed E-state index contributed by atoms with van der Waals surface area (Å²) in [6.07, 6.45) is 1.71. The van der Waals surface area contributed by atoms with Gasteiger partial charge in [0, 0.05) is 50.7 Å². The van der Waals surface area contributed by atoms with Crippen LogP contribution < -0.4 is 5.32 Å². The SMILES string of the molecule is CC(C)(C)NCCC(=O)N1CCC(N2CCOCC2)C1. The second kappa shape index (κ2) is 6.87. The van der Waals surface area contributed by atoms with Gasteiger partial charge < -0.3 is 15.0 Å². The van der Waals surface area contributed by atoms with Crippen molar-refractivity contribution in [1.29, 1.82) is 0 Å². The number of hydrogen-bond acceptors (Lipinski definition) is 4. The van der Waals surface area contributed by atoms with Gasteiger partial charge in [-0.25, -0.2) is 0 Å². The highest BCUT2D eigenvalue weighted by atomic mass is 16.5. The van der Waals surface area contributed by atoms with Gasteiger partial charge in [0.15, 0.2) is 0 Å². The predicted octanol–water partition coefficient (Wildman–Crippen LogP) is 0.698. The summed E-state index contributed by atoms with van der Waals surface area (Å²) < 4.78 is 5.39. The van der Waals surface area contributed by atoms with E-state index in [1.165, 1.54) is 0 Å². The average molecular weight is 283 g/mol. The van der Waals surface area contributed by atoms with Crippen LogP contribution in [0.25, 0.3) is 0 Å². The summed E-state index contributed by atoms with van der Waals surface area (Å²) in [7, 11) is 0. The molecule has 0 aromatic heterocycles. The summed E-state index contributed by atoms with van der Waals surface area (Å²) >= 11 is 0. The van der Waals surface area contributed by atoms with E-state index in [9.17, 15) is 4.79 Å². The highest BCUT2D eigenvalue weighted by molar-refractivity contribution is 5.76. The van der Waals surface area contributed by atoms with Gasteiger partial charge in [-0.3, -0.25) is 9.69 Å². The highest BCUT2D eigenvalue weighted by Gasteiger charge is 2.30. The molecule has 116 valence electrons. The molecule has 1 amide bonds. The highest BCUT2D eigenvalue weighted by Crippen LogP contribution is 2.17. The van der Waals surface area contributed by atoms with Crippen molar-refractivity contribution in [2.45, 2.75) is 45.2 Å². The average Bonchev–Trinajstić information content (AvgIpc) is 2.88. The third-order valence-electron chi connectivity index (χ3n) is 4.07. The van der Waals surface area contributed by atoms with Gasteiger partial charge in [-0.1, -0.05) is 0 Å². The third kappa shape index (κ3) is 4.72. The number of hydrogen-bond donors (Lipinski definition) is 1. The quantitative estimate of drug-likeness (QED) is 0.825. The smallest absolute Gasteiger partial charge is 0.223 e. The Morgan fingerprint density at radius 2 is 1.95 bits per heavy atom. The minimum Gasteiger partial charge on any atom is -0.379 e. The van der Waals surface area contributed by atoms with Crippen LogP contribution in [-0.4, -0.2) is 73.2 Å². The van der Waals surface area contributed by atoms with E-state index in [4.69, 9.17) is 4.74 Å². The van der Waals surface area contributed by atoms with Gasteiger partial charge in [0.2, 0.25) is 5.91 Å². The number of nitrogens with one attached hydrogen (secondary N) is 1. The molecule has 5 heteroatoms. The molecule has 1 atom stereocenters. The lowest BCUT2D eigenvalue weighted by Crippen LogP contribution is -2.45. The molecule has 2 fully saturated rings. The molecule has 1 N–H and O–H groups in total. The zero-order valence-corrected chi connectivity index (χ0v) is 13.2. The molecule has 2 aliphatic rings. The molecule has 1 unspecified atom stereocenters. The molecule has 20 heavy (non-hydrogen) atoms. The number of likely N-dealkylation sites (tertiary alicyclic amines) is 1. The van der Waals surface area contributed by atoms with Crippen LogP contribution in [0.3, 0.4) is 0 Å². The number of amides is 1. The van der Waals surface area contributed by atoms with Crippen LogP contribution in [-0.2, 0) is 9.53 Å². The lowest BCUT2D eigenvalue weighted by atomic mass is 10.1. The van der Waals surface area contributed by atoms with E-state index in [0.29, 0.717) is 12.5 Å². The maximum atomic E-state index is 12.2. The maximum absolute atomic E-state index is 12.2. The molecular formula is C15H29N3O2. The molecule has 0 radical (unpaired) electrons. The Bertz CT molecular complexity index is 322. The molecule has 0 aromatic carbocycles. The van der Waals surface area contributed by atoms with Gasteiger partial charge >= 0.3 is 0 Å². The summed E-state index contributed by atoms with van der Waals surface area (Å²) in [5, 5.41) is 3.38. The minimum absolute atomic E-state index is 0.0849. The molecule has 2 heterocycles. The van der Waals surface area contributed by atoms with E-state index in [2.05, 4.69) is 31.0 Å². The number of ether oxygens (including phenoxy) is 1. The second-order valence-corrected chi connectivity index (χ2v) is 6.86. The van der Waals surface area contributed by atoms with Crippen molar-refractivity contribution in [3.63, 3.8) is 0 Å². The Labute approximate surface area is 122 Å². The van der Waals surface area contributed by atoms with Crippen molar-refractivity contribution in [2.24, 2.45) is 0 Å². The Morgan fingerprint density at radius 1 is 1.25 bits per heavy atom. The molecule has 0 aliphatic carbocycles. The molecule has 2 aliphatic heterocycles. The number of nitrogens with zero attached hydrogens (tertiary/aromatic N) is 2. The summed E-state index contributed by atoms with van der Waals surface area (Å²) in [5.74, 6) is 0.289. The van der Waals surface area contributed by atoms with E-state index >= 15 is 0 Å². The van der Waals surface area contributed by atoms with E-state index in [-0.39, 0.29) is 11.4 Å². The predicted molar refractivity (Wildman–Crippen MR) is 79.7 cm³/mol. The molecule has 5 nitrogen and oxygen atoms in total. The van der Waals surface area contributed by atoms with Crippen LogP contribution in [0, 0.1) is 0 Å². The normalized spacial score (nSPS) is 25.1. The first-order valence-electron chi connectivity index (χ1n) is 7.80. The van der Waals surface area contributed by atoms with Crippen LogP contribution in [0.1, 0.15) is 33.6 Å². The topological polar surface area (TPSA) is 44.8 Å². The first kappa shape index (κ1) is 15.7. The lowest BCUT2D eigenvalue weighted by Gasteiger charge is -2.32. The maximum Gasteiger partial charge on any atom is 0.223 e. The van der Waals surface area contributed by atoms with Crippen LogP contribution >= 0.6 is 0 Å². The zero-order valence-electron chi connectivity index (χ0n) is 13.2. The number of carbonyl (C=O) groups excluding carboxylic acids is 1. The van der Waals surface area contributed by atoms with Gasteiger partial charge in [0.1, 0.15) is 0 Å². The molecule has 0 aromatic rings. The van der Waals surface area contributed by atoms with Crippen LogP contribution in [0.15, 0.2) is 0 Å². The van der Waals surface area contributed by atoms with Crippen molar-refractivity contribution in [3.8, 4) is 0 Å². The third-order valence-corrected chi connectivity index (χ3v) is 4.07. The van der Waals surface area contributed by atoms with Gasteiger partial charge in [0.25, 0.3) is 0 Å². The zero-order chi connectivity index (χ0) is 14.6. The van der Waals surface area contributed by atoms with Gasteiger partial charge in [-0.15, -0.1) is 0 Å². The van der Waals surface area contributed by atoms with E-state index in [1.807, 2.05) is 4.90 Å². The molecular weight excluding hydrogens is 254 g/mol. The monoisotopic (exact) mass is 283 g/mol. The summed E-state index contributed by atoms with van der Waals surface area (Å²) in [6, 6.07) is 0.540. The standard InChI is InChI=1S/C15H29N3O2/c1-15(2,3)16-6-4-14(19)18-7-5-13(12-18)17-8-10-20-11-9-17/h13,16H,4-12H2,1-3H3. The van der Waals surface area contributed by atoms with Crippen molar-refractivity contribution in [1.82, 2.24) is 15.1 Å². The molecule has 2 rings (SSSR count). The number of rotatable bonds is 4. The molecule has 0 bridgehead atoms. The van der Waals surface area contributed by atoms with Crippen LogP contribution in [0.2, 0.25) is 0 Å². The van der Waals surface area contributed by atoms with Crippen molar-refractivity contribution in [2.75, 3.05) is 45.9 Å². The Kier molecular flexibility index (Phi) is 5.41. The van der Waals surface area contributed by atoms with Crippen molar-refractivity contribution >= 4 is 5.91 Å². The van der Waals surface area contributed by atoms with E-state index in [0.717, 1.165) is 52.4 Å². The van der Waals surface area contributed by atoms with E-state index in [1.54, 1.807) is 0 Å².